The summed E-state index contributed by atoms with van der Waals surface area (Å²) in [5.41, 5.74) is 0.910. The molecular formula is C10H12O3S. The van der Waals surface area contributed by atoms with Crippen LogP contribution in [0.25, 0.3) is 0 Å². The van der Waals surface area contributed by atoms with Gasteiger partial charge in [0.15, 0.2) is 0 Å². The lowest BCUT2D eigenvalue weighted by molar-refractivity contribution is -0.137. The molecule has 0 aromatic carbocycles. The smallest absolute Gasteiger partial charge is 0.380 e. The predicted molar refractivity (Wildman–Crippen MR) is 54.7 cm³/mol. The minimum Gasteiger partial charge on any atom is -0.460 e. The molecule has 0 saturated carbocycles. The quantitative estimate of drug-likeness (QED) is 0.436. The minimum absolute atomic E-state index is 0.234. The van der Waals surface area contributed by atoms with Crippen LogP contribution in [0, 0.1) is 0 Å². The van der Waals surface area contributed by atoms with Crippen LogP contribution in [0.5, 0.6) is 0 Å². The number of Topliss-reactive ketones (excluding diaryl/α,β-unsaturated/α-hetero) is 1. The molecule has 14 heavy (non-hydrogen) atoms. The number of esters is 1. The van der Waals surface area contributed by atoms with Crippen molar-refractivity contribution in [2.45, 2.75) is 20.3 Å². The second-order valence-electron chi connectivity index (χ2n) is 2.68. The lowest BCUT2D eigenvalue weighted by Crippen LogP contribution is -2.17. The van der Waals surface area contributed by atoms with Crippen LogP contribution in [-0.2, 0) is 16.0 Å². The molecule has 4 heteroatoms. The maximum Gasteiger partial charge on any atom is 0.380 e. The highest BCUT2D eigenvalue weighted by molar-refractivity contribution is 7.13. The van der Waals surface area contributed by atoms with Crippen molar-refractivity contribution >= 4 is 23.1 Å². The molecule has 0 radical (unpaired) electrons. The van der Waals surface area contributed by atoms with E-state index in [4.69, 9.17) is 0 Å². The molecule has 0 aliphatic carbocycles. The molecule has 0 saturated heterocycles. The monoisotopic (exact) mass is 212 g/mol. The first-order chi connectivity index (χ1) is 6.70. The number of ether oxygens (including phenoxy) is 1. The van der Waals surface area contributed by atoms with Gasteiger partial charge in [-0.3, -0.25) is 4.79 Å². The Kier molecular flexibility index (Phi) is 3.83. The van der Waals surface area contributed by atoms with Crippen LogP contribution in [0.1, 0.15) is 29.1 Å². The molecule has 0 bridgehead atoms. The summed E-state index contributed by atoms with van der Waals surface area (Å²) in [6.45, 7) is 3.86. The number of rotatable bonds is 4. The van der Waals surface area contributed by atoms with E-state index >= 15 is 0 Å². The Labute approximate surface area is 86.7 Å². The van der Waals surface area contributed by atoms with Gasteiger partial charge < -0.3 is 4.74 Å². The SMILES string of the molecule is CCOC(=O)C(=O)c1sccc1CC. The fourth-order valence-corrected chi connectivity index (χ4v) is 2.03. The Morgan fingerprint density at radius 1 is 1.43 bits per heavy atom. The van der Waals surface area contributed by atoms with Gasteiger partial charge in [0.05, 0.1) is 11.5 Å². The maximum absolute atomic E-state index is 11.5. The molecule has 1 aromatic rings. The summed E-state index contributed by atoms with van der Waals surface area (Å²) in [5.74, 6) is -1.29. The molecule has 0 spiro atoms. The second kappa shape index (κ2) is 4.91. The summed E-state index contributed by atoms with van der Waals surface area (Å²) in [4.78, 5) is 23.2. The van der Waals surface area contributed by atoms with Crippen molar-refractivity contribution in [3.63, 3.8) is 0 Å². The van der Waals surface area contributed by atoms with Crippen LogP contribution < -0.4 is 0 Å². The Balaban J connectivity index is 2.83. The molecule has 0 atom stereocenters. The van der Waals surface area contributed by atoms with Crippen molar-refractivity contribution in [3.8, 4) is 0 Å². The normalized spacial score (nSPS) is 9.86. The van der Waals surface area contributed by atoms with Crippen LogP contribution in [0.4, 0.5) is 0 Å². The van der Waals surface area contributed by atoms with Crippen LogP contribution in [0.15, 0.2) is 11.4 Å². The summed E-state index contributed by atoms with van der Waals surface area (Å²) < 4.78 is 4.65. The number of hydrogen-bond acceptors (Lipinski definition) is 4. The van der Waals surface area contributed by atoms with E-state index in [1.54, 1.807) is 6.92 Å². The van der Waals surface area contributed by atoms with Gasteiger partial charge in [0.1, 0.15) is 0 Å². The van der Waals surface area contributed by atoms with Gasteiger partial charge in [0.25, 0.3) is 5.78 Å². The summed E-state index contributed by atoms with van der Waals surface area (Å²) in [6, 6.07) is 1.86. The van der Waals surface area contributed by atoms with Crippen LogP contribution in [0.2, 0.25) is 0 Å². The Morgan fingerprint density at radius 2 is 2.14 bits per heavy atom. The topological polar surface area (TPSA) is 43.4 Å². The van der Waals surface area contributed by atoms with Gasteiger partial charge in [-0.05, 0) is 30.4 Å². The lowest BCUT2D eigenvalue weighted by Gasteiger charge is -2.00. The third-order valence-corrected chi connectivity index (χ3v) is 2.75. The summed E-state index contributed by atoms with van der Waals surface area (Å²) in [5, 5.41) is 1.81. The molecule has 0 aliphatic rings. The molecule has 1 heterocycles. The summed E-state index contributed by atoms with van der Waals surface area (Å²) in [6.07, 6.45) is 0.754. The number of carbonyl (C=O) groups is 2. The van der Waals surface area contributed by atoms with Gasteiger partial charge in [-0.1, -0.05) is 6.92 Å². The number of ketones is 1. The van der Waals surface area contributed by atoms with Crippen LogP contribution in [-0.4, -0.2) is 18.4 Å². The van der Waals surface area contributed by atoms with Gasteiger partial charge in [0, 0.05) is 0 Å². The molecule has 0 fully saturated rings. The zero-order chi connectivity index (χ0) is 10.6. The summed E-state index contributed by atoms with van der Waals surface area (Å²) >= 11 is 1.29. The Morgan fingerprint density at radius 3 is 2.71 bits per heavy atom. The van der Waals surface area contributed by atoms with Crippen molar-refractivity contribution in [2.24, 2.45) is 0 Å². The Hall–Kier alpha value is -1.16. The predicted octanol–water partition coefficient (Wildman–Crippen LogP) is 2.06. The van der Waals surface area contributed by atoms with Gasteiger partial charge in [-0.15, -0.1) is 11.3 Å². The van der Waals surface area contributed by atoms with Crippen LogP contribution in [0.3, 0.4) is 0 Å². The third-order valence-electron chi connectivity index (χ3n) is 1.79. The van der Waals surface area contributed by atoms with E-state index in [0.717, 1.165) is 12.0 Å². The lowest BCUT2D eigenvalue weighted by atomic mass is 10.1. The molecule has 76 valence electrons. The molecule has 0 amide bonds. The first-order valence-corrected chi connectivity index (χ1v) is 5.36. The van der Waals surface area contributed by atoms with E-state index in [1.165, 1.54) is 11.3 Å². The number of thiophene rings is 1. The van der Waals surface area contributed by atoms with E-state index in [-0.39, 0.29) is 6.61 Å². The zero-order valence-electron chi connectivity index (χ0n) is 8.20. The molecule has 3 nitrogen and oxygen atoms in total. The van der Waals surface area contributed by atoms with E-state index < -0.39 is 11.8 Å². The standard InChI is InChI=1S/C10H12O3S/c1-3-7-5-6-14-9(7)8(11)10(12)13-4-2/h5-6H,3-4H2,1-2H3. The number of aryl methyl sites for hydroxylation is 1. The van der Waals surface area contributed by atoms with Crippen molar-refractivity contribution in [3.05, 3.63) is 21.9 Å². The van der Waals surface area contributed by atoms with Gasteiger partial charge in [-0.2, -0.15) is 0 Å². The van der Waals surface area contributed by atoms with Crippen molar-refractivity contribution in [1.29, 1.82) is 0 Å². The molecule has 1 aromatic heterocycles. The molecule has 1 rings (SSSR count). The van der Waals surface area contributed by atoms with E-state index in [9.17, 15) is 9.59 Å². The number of hydrogen-bond donors (Lipinski definition) is 0. The molecule has 0 unspecified atom stereocenters. The average Bonchev–Trinajstić information content (AvgIpc) is 2.64. The fourth-order valence-electron chi connectivity index (χ4n) is 1.10. The van der Waals surface area contributed by atoms with Gasteiger partial charge in [-0.25, -0.2) is 4.79 Å². The van der Waals surface area contributed by atoms with E-state index in [0.29, 0.717) is 4.88 Å². The van der Waals surface area contributed by atoms with Crippen LogP contribution >= 0.6 is 11.3 Å². The maximum atomic E-state index is 11.5. The molecule has 0 aliphatic heterocycles. The van der Waals surface area contributed by atoms with Crippen molar-refractivity contribution in [2.75, 3.05) is 6.61 Å². The highest BCUT2D eigenvalue weighted by Gasteiger charge is 2.21. The van der Waals surface area contributed by atoms with Crippen molar-refractivity contribution in [1.82, 2.24) is 0 Å². The highest BCUT2D eigenvalue weighted by Crippen LogP contribution is 2.18. The highest BCUT2D eigenvalue weighted by atomic mass is 32.1. The first-order valence-electron chi connectivity index (χ1n) is 4.48. The van der Waals surface area contributed by atoms with E-state index in [2.05, 4.69) is 4.74 Å². The molecular weight excluding hydrogens is 200 g/mol. The third kappa shape index (κ3) is 2.20. The Bertz CT molecular complexity index is 341. The van der Waals surface area contributed by atoms with Gasteiger partial charge >= 0.3 is 5.97 Å². The minimum atomic E-state index is -0.760. The summed E-state index contributed by atoms with van der Waals surface area (Å²) in [7, 11) is 0. The van der Waals surface area contributed by atoms with Crippen molar-refractivity contribution < 1.29 is 14.3 Å². The first kappa shape index (κ1) is 10.9. The largest absolute Gasteiger partial charge is 0.460 e. The number of carbonyl (C=O) groups excluding carboxylic acids is 2. The second-order valence-corrected chi connectivity index (χ2v) is 3.59. The molecule has 0 N–H and O–H groups in total. The zero-order valence-corrected chi connectivity index (χ0v) is 9.02. The fraction of sp³-hybridized carbons (Fsp3) is 0.400. The average molecular weight is 212 g/mol. The van der Waals surface area contributed by atoms with E-state index in [1.807, 2.05) is 18.4 Å². The van der Waals surface area contributed by atoms with Gasteiger partial charge in [0.2, 0.25) is 0 Å².